The van der Waals surface area contributed by atoms with Crippen LogP contribution in [0, 0.1) is 5.92 Å². The number of carbonyl (C=O) groups excluding carboxylic acids is 1. The number of amides is 1. The third-order valence-corrected chi connectivity index (χ3v) is 1.58. The highest BCUT2D eigenvalue weighted by Crippen LogP contribution is 2.31. The summed E-state index contributed by atoms with van der Waals surface area (Å²) in [5.74, 6) is 0.456. The molecule has 1 aliphatic carbocycles. The minimum absolute atomic E-state index is 0.310. The van der Waals surface area contributed by atoms with E-state index in [1.807, 2.05) is 0 Å². The molecular formula is C6H11NO2. The first-order valence-electron chi connectivity index (χ1n) is 3.19. The average molecular weight is 129 g/mol. The van der Waals surface area contributed by atoms with Crippen LogP contribution in [-0.2, 0) is 4.79 Å². The van der Waals surface area contributed by atoms with Gasteiger partial charge in [-0.3, -0.25) is 4.79 Å². The Morgan fingerprint density at radius 1 is 1.78 bits per heavy atom. The van der Waals surface area contributed by atoms with Crippen LogP contribution in [0.4, 0.5) is 0 Å². The zero-order valence-electron chi connectivity index (χ0n) is 5.21. The van der Waals surface area contributed by atoms with Crippen LogP contribution in [0.25, 0.3) is 0 Å². The molecule has 1 unspecified atom stereocenters. The minimum atomic E-state index is -0.310. The van der Waals surface area contributed by atoms with E-state index in [4.69, 9.17) is 5.11 Å². The molecule has 0 heterocycles. The van der Waals surface area contributed by atoms with Crippen LogP contribution in [-0.4, -0.2) is 24.2 Å². The van der Waals surface area contributed by atoms with Gasteiger partial charge >= 0.3 is 0 Å². The van der Waals surface area contributed by atoms with E-state index >= 15 is 0 Å². The van der Waals surface area contributed by atoms with Gasteiger partial charge in [0.1, 0.15) is 0 Å². The van der Waals surface area contributed by atoms with Gasteiger partial charge in [0.15, 0.2) is 0 Å². The number of aliphatic hydroxyl groups is 1. The van der Waals surface area contributed by atoms with E-state index in [2.05, 4.69) is 5.32 Å². The normalized spacial score (nSPS) is 21.0. The lowest BCUT2D eigenvalue weighted by molar-refractivity contribution is -0.110. The molecule has 3 heteroatoms. The Hall–Kier alpha value is -0.570. The molecule has 0 bridgehead atoms. The summed E-state index contributed by atoms with van der Waals surface area (Å²) in [4.78, 5) is 9.73. The Balaban J connectivity index is 2.02. The van der Waals surface area contributed by atoms with E-state index in [1.165, 1.54) is 0 Å². The molecule has 3 nitrogen and oxygen atoms in total. The molecule has 1 fully saturated rings. The van der Waals surface area contributed by atoms with Crippen LogP contribution in [0.1, 0.15) is 12.8 Å². The number of rotatable bonds is 4. The number of nitrogens with one attached hydrogen (secondary N) is 1. The van der Waals surface area contributed by atoms with Gasteiger partial charge in [0.05, 0.1) is 6.10 Å². The van der Waals surface area contributed by atoms with Gasteiger partial charge in [-0.05, 0) is 18.8 Å². The van der Waals surface area contributed by atoms with Crippen molar-refractivity contribution in [1.82, 2.24) is 5.32 Å². The van der Waals surface area contributed by atoms with Crippen LogP contribution in [0.15, 0.2) is 0 Å². The molecule has 0 spiro atoms. The lowest BCUT2D eigenvalue weighted by Crippen LogP contribution is -2.26. The second kappa shape index (κ2) is 2.82. The van der Waals surface area contributed by atoms with E-state index in [-0.39, 0.29) is 6.10 Å². The smallest absolute Gasteiger partial charge is 0.207 e. The summed E-state index contributed by atoms with van der Waals surface area (Å²) in [7, 11) is 0. The Morgan fingerprint density at radius 3 is 2.89 bits per heavy atom. The third-order valence-electron chi connectivity index (χ3n) is 1.58. The highest BCUT2D eigenvalue weighted by molar-refractivity contribution is 5.45. The number of carbonyl (C=O) groups is 1. The Bertz CT molecular complexity index is 101. The van der Waals surface area contributed by atoms with Crippen molar-refractivity contribution in [3.05, 3.63) is 0 Å². The molecule has 1 saturated carbocycles. The van der Waals surface area contributed by atoms with Gasteiger partial charge in [0, 0.05) is 6.54 Å². The first-order chi connectivity index (χ1) is 4.34. The molecule has 1 rings (SSSR count). The van der Waals surface area contributed by atoms with Gasteiger partial charge in [-0.1, -0.05) is 0 Å². The summed E-state index contributed by atoms with van der Waals surface area (Å²) in [5, 5.41) is 11.5. The predicted octanol–water partition coefficient (Wildman–Crippen LogP) is -0.497. The van der Waals surface area contributed by atoms with Gasteiger partial charge < -0.3 is 10.4 Å². The maximum absolute atomic E-state index is 9.73. The van der Waals surface area contributed by atoms with E-state index in [9.17, 15) is 4.79 Å². The van der Waals surface area contributed by atoms with Crippen molar-refractivity contribution in [2.75, 3.05) is 6.54 Å². The van der Waals surface area contributed by atoms with Gasteiger partial charge in [-0.25, -0.2) is 0 Å². The van der Waals surface area contributed by atoms with E-state index < -0.39 is 0 Å². The second-order valence-corrected chi connectivity index (χ2v) is 2.43. The van der Waals surface area contributed by atoms with Crippen LogP contribution in [0.3, 0.4) is 0 Å². The Morgan fingerprint density at radius 2 is 2.44 bits per heavy atom. The van der Waals surface area contributed by atoms with E-state index in [0.717, 1.165) is 12.8 Å². The van der Waals surface area contributed by atoms with Gasteiger partial charge in [0.25, 0.3) is 0 Å². The van der Waals surface area contributed by atoms with Crippen molar-refractivity contribution in [2.45, 2.75) is 18.9 Å². The van der Waals surface area contributed by atoms with Crippen LogP contribution in [0.2, 0.25) is 0 Å². The summed E-state index contributed by atoms with van der Waals surface area (Å²) in [6.07, 6.45) is 2.53. The molecule has 0 aliphatic heterocycles. The molecule has 1 atom stereocenters. The zero-order valence-corrected chi connectivity index (χ0v) is 5.21. The molecular weight excluding hydrogens is 118 g/mol. The van der Waals surface area contributed by atoms with Crippen molar-refractivity contribution < 1.29 is 9.90 Å². The van der Waals surface area contributed by atoms with E-state index in [1.54, 1.807) is 0 Å². The molecule has 0 aromatic carbocycles. The monoisotopic (exact) mass is 129 g/mol. The van der Waals surface area contributed by atoms with Gasteiger partial charge in [-0.15, -0.1) is 0 Å². The summed E-state index contributed by atoms with van der Waals surface area (Å²) in [6.45, 7) is 0.411. The zero-order chi connectivity index (χ0) is 6.69. The largest absolute Gasteiger partial charge is 0.391 e. The predicted molar refractivity (Wildman–Crippen MR) is 32.8 cm³/mol. The summed E-state index contributed by atoms with van der Waals surface area (Å²) >= 11 is 0. The van der Waals surface area contributed by atoms with Crippen LogP contribution >= 0.6 is 0 Å². The van der Waals surface area contributed by atoms with Crippen molar-refractivity contribution in [3.63, 3.8) is 0 Å². The Labute approximate surface area is 54.1 Å². The molecule has 0 radical (unpaired) electrons. The molecule has 0 aromatic rings. The summed E-state index contributed by atoms with van der Waals surface area (Å²) < 4.78 is 0. The standard InChI is InChI=1S/C6H11NO2/c8-4-7-3-6(9)5-1-2-5/h4-6,9H,1-3H2,(H,7,8). The van der Waals surface area contributed by atoms with Crippen molar-refractivity contribution >= 4 is 6.41 Å². The highest BCUT2D eigenvalue weighted by atomic mass is 16.3. The van der Waals surface area contributed by atoms with Crippen LogP contribution in [0.5, 0.6) is 0 Å². The lowest BCUT2D eigenvalue weighted by atomic mass is 10.2. The Kier molecular flexibility index (Phi) is 2.05. The fraction of sp³-hybridized carbons (Fsp3) is 0.833. The molecule has 1 amide bonds. The average Bonchev–Trinajstić information content (AvgIpc) is 2.63. The maximum atomic E-state index is 9.73. The minimum Gasteiger partial charge on any atom is -0.391 e. The fourth-order valence-electron chi connectivity index (χ4n) is 0.817. The first kappa shape index (κ1) is 6.55. The molecule has 52 valence electrons. The number of hydrogen-bond acceptors (Lipinski definition) is 2. The van der Waals surface area contributed by atoms with Crippen molar-refractivity contribution in [2.24, 2.45) is 5.92 Å². The highest BCUT2D eigenvalue weighted by Gasteiger charge is 2.28. The maximum Gasteiger partial charge on any atom is 0.207 e. The molecule has 9 heavy (non-hydrogen) atoms. The quantitative estimate of drug-likeness (QED) is 0.503. The SMILES string of the molecule is O=CNCC(O)C1CC1. The molecule has 0 aromatic heterocycles. The van der Waals surface area contributed by atoms with E-state index in [0.29, 0.717) is 18.9 Å². The molecule has 2 N–H and O–H groups in total. The van der Waals surface area contributed by atoms with Gasteiger partial charge in [-0.2, -0.15) is 0 Å². The lowest BCUT2D eigenvalue weighted by Gasteiger charge is -2.05. The fourth-order valence-corrected chi connectivity index (χ4v) is 0.817. The molecule has 1 aliphatic rings. The van der Waals surface area contributed by atoms with Gasteiger partial charge in [0.2, 0.25) is 6.41 Å². The van der Waals surface area contributed by atoms with Crippen molar-refractivity contribution in [1.29, 1.82) is 0 Å². The van der Waals surface area contributed by atoms with Crippen LogP contribution < -0.4 is 5.32 Å². The first-order valence-corrected chi connectivity index (χ1v) is 3.19. The summed E-state index contributed by atoms with van der Waals surface area (Å²) in [5.41, 5.74) is 0. The number of aliphatic hydroxyl groups excluding tert-OH is 1. The summed E-state index contributed by atoms with van der Waals surface area (Å²) in [6, 6.07) is 0. The topological polar surface area (TPSA) is 49.3 Å². The second-order valence-electron chi connectivity index (χ2n) is 2.43. The molecule has 0 saturated heterocycles. The third kappa shape index (κ3) is 2.01. The van der Waals surface area contributed by atoms with Crippen molar-refractivity contribution in [3.8, 4) is 0 Å². The number of hydrogen-bond donors (Lipinski definition) is 2.